The van der Waals surface area contributed by atoms with Gasteiger partial charge in [0.2, 0.25) is 0 Å². The molecule has 0 saturated carbocycles. The first kappa shape index (κ1) is 17.3. The van der Waals surface area contributed by atoms with Crippen LogP contribution in [0, 0.1) is 18.8 Å². The summed E-state index contributed by atoms with van der Waals surface area (Å²) in [5.41, 5.74) is 3.54. The minimum absolute atomic E-state index is 0.0100. The average Bonchev–Trinajstić information content (AvgIpc) is 2.54. The fourth-order valence-corrected chi connectivity index (χ4v) is 3.07. The molecule has 0 N–H and O–H groups in total. The van der Waals surface area contributed by atoms with Gasteiger partial charge in [0.1, 0.15) is 0 Å². The number of hydrogen-bond acceptors (Lipinski definition) is 2. The van der Waals surface area contributed by atoms with Gasteiger partial charge in [0.25, 0.3) is 0 Å². The maximum atomic E-state index is 12.6. The van der Waals surface area contributed by atoms with E-state index in [9.17, 15) is 4.79 Å². The second-order valence-corrected chi connectivity index (χ2v) is 6.32. The topological polar surface area (TPSA) is 26.3 Å². The predicted molar refractivity (Wildman–Crippen MR) is 94.4 cm³/mol. The van der Waals surface area contributed by atoms with Crippen LogP contribution in [0.3, 0.4) is 0 Å². The molecule has 2 unspecified atom stereocenters. The van der Waals surface area contributed by atoms with Gasteiger partial charge in [0, 0.05) is 5.92 Å². The summed E-state index contributed by atoms with van der Waals surface area (Å²) in [5, 5.41) is 0. The number of aryl methyl sites for hydroxylation is 1. The van der Waals surface area contributed by atoms with E-state index in [1.54, 1.807) is 0 Å². The van der Waals surface area contributed by atoms with Crippen molar-refractivity contribution in [1.29, 1.82) is 0 Å². The summed E-state index contributed by atoms with van der Waals surface area (Å²) < 4.78 is 5.37. The summed E-state index contributed by atoms with van der Waals surface area (Å²) >= 11 is 0. The monoisotopic (exact) mass is 310 g/mol. The van der Waals surface area contributed by atoms with Crippen molar-refractivity contribution >= 4 is 5.97 Å². The van der Waals surface area contributed by atoms with Crippen LogP contribution in [0.25, 0.3) is 0 Å². The quantitative estimate of drug-likeness (QED) is 0.705. The maximum Gasteiger partial charge on any atom is 0.310 e. The Labute approximate surface area is 139 Å². The largest absolute Gasteiger partial charge is 0.466 e. The third kappa shape index (κ3) is 4.22. The third-order valence-corrected chi connectivity index (χ3v) is 4.23. The molecular formula is C21H26O2. The Morgan fingerprint density at radius 2 is 1.52 bits per heavy atom. The van der Waals surface area contributed by atoms with Crippen molar-refractivity contribution in [2.75, 3.05) is 6.61 Å². The van der Waals surface area contributed by atoms with Crippen molar-refractivity contribution in [2.45, 2.75) is 33.6 Å². The molecule has 0 spiro atoms. The van der Waals surface area contributed by atoms with E-state index in [1.165, 1.54) is 5.56 Å². The lowest BCUT2D eigenvalue weighted by Crippen LogP contribution is -2.30. The summed E-state index contributed by atoms with van der Waals surface area (Å²) in [6, 6.07) is 18.7. The number of carbonyl (C=O) groups is 1. The van der Waals surface area contributed by atoms with Crippen LogP contribution in [0.2, 0.25) is 0 Å². The lowest BCUT2D eigenvalue weighted by Gasteiger charge is -2.29. The average molecular weight is 310 g/mol. The molecule has 2 aromatic carbocycles. The zero-order chi connectivity index (χ0) is 16.8. The minimum Gasteiger partial charge on any atom is -0.466 e. The fraction of sp³-hybridized carbons (Fsp3) is 0.381. The lowest BCUT2D eigenvalue weighted by atomic mass is 9.75. The Morgan fingerprint density at radius 3 is 2.04 bits per heavy atom. The number of ether oxygens (including phenoxy) is 1. The number of hydrogen-bond donors (Lipinski definition) is 0. The second-order valence-electron chi connectivity index (χ2n) is 6.32. The Hall–Kier alpha value is -2.09. The van der Waals surface area contributed by atoms with Crippen molar-refractivity contribution in [3.63, 3.8) is 0 Å². The molecule has 0 aromatic heterocycles. The first-order valence-corrected chi connectivity index (χ1v) is 8.32. The van der Waals surface area contributed by atoms with Gasteiger partial charge in [-0.2, -0.15) is 0 Å². The molecular weight excluding hydrogens is 284 g/mol. The zero-order valence-corrected chi connectivity index (χ0v) is 14.5. The Bertz CT molecular complexity index is 614. The van der Waals surface area contributed by atoms with Crippen LogP contribution in [-0.2, 0) is 9.53 Å². The number of esters is 1. The van der Waals surface area contributed by atoms with Gasteiger partial charge >= 0.3 is 5.97 Å². The molecule has 0 heterocycles. The van der Waals surface area contributed by atoms with Gasteiger partial charge in [-0.1, -0.05) is 74.0 Å². The molecule has 2 heteroatoms. The normalized spacial score (nSPS) is 13.6. The highest BCUT2D eigenvalue weighted by Crippen LogP contribution is 2.37. The van der Waals surface area contributed by atoms with Gasteiger partial charge in [0.15, 0.2) is 0 Å². The molecule has 0 bridgehead atoms. The van der Waals surface area contributed by atoms with E-state index in [0.717, 1.165) is 11.1 Å². The second kappa shape index (κ2) is 7.96. The van der Waals surface area contributed by atoms with Crippen LogP contribution < -0.4 is 0 Å². The van der Waals surface area contributed by atoms with E-state index < -0.39 is 0 Å². The number of rotatable bonds is 6. The SMILES string of the molecule is CCOC(=O)C(C(C)C)C(c1ccccc1)c1ccc(C)cc1. The minimum atomic E-state index is -0.194. The fourth-order valence-electron chi connectivity index (χ4n) is 3.07. The van der Waals surface area contributed by atoms with Crippen LogP contribution in [0.5, 0.6) is 0 Å². The van der Waals surface area contributed by atoms with Gasteiger partial charge in [-0.3, -0.25) is 4.79 Å². The summed E-state index contributed by atoms with van der Waals surface area (Å²) in [6.07, 6.45) is 0. The van der Waals surface area contributed by atoms with Gasteiger partial charge in [0.05, 0.1) is 12.5 Å². The molecule has 2 rings (SSSR count). The van der Waals surface area contributed by atoms with Gasteiger partial charge in [-0.05, 0) is 30.9 Å². The van der Waals surface area contributed by atoms with Gasteiger partial charge in [-0.25, -0.2) is 0 Å². The first-order chi connectivity index (χ1) is 11.0. The lowest BCUT2D eigenvalue weighted by molar-refractivity contribution is -0.150. The van der Waals surface area contributed by atoms with Gasteiger partial charge < -0.3 is 4.74 Å². The van der Waals surface area contributed by atoms with Crippen LogP contribution in [0.4, 0.5) is 0 Å². The van der Waals surface area contributed by atoms with E-state index >= 15 is 0 Å². The molecule has 2 aromatic rings. The van der Waals surface area contributed by atoms with Crippen molar-refractivity contribution in [3.05, 3.63) is 71.3 Å². The molecule has 0 saturated heterocycles. The van der Waals surface area contributed by atoms with Crippen molar-refractivity contribution < 1.29 is 9.53 Å². The number of carbonyl (C=O) groups excluding carboxylic acids is 1. The number of benzene rings is 2. The summed E-state index contributed by atoms with van der Waals surface area (Å²) in [6.45, 7) is 8.53. The highest BCUT2D eigenvalue weighted by Gasteiger charge is 2.34. The molecule has 2 nitrogen and oxygen atoms in total. The van der Waals surface area contributed by atoms with Crippen molar-refractivity contribution in [2.24, 2.45) is 11.8 Å². The molecule has 0 aliphatic heterocycles. The summed E-state index contributed by atoms with van der Waals surface area (Å²) in [4.78, 5) is 12.6. The molecule has 23 heavy (non-hydrogen) atoms. The highest BCUT2D eigenvalue weighted by molar-refractivity contribution is 5.75. The molecule has 0 aliphatic rings. The van der Waals surface area contributed by atoms with E-state index in [2.05, 4.69) is 57.2 Å². The molecule has 2 atom stereocenters. The van der Waals surface area contributed by atoms with E-state index in [0.29, 0.717) is 6.61 Å². The molecule has 122 valence electrons. The highest BCUT2D eigenvalue weighted by atomic mass is 16.5. The summed E-state index contributed by atoms with van der Waals surface area (Å²) in [5.74, 6) is -0.103. The molecule has 0 radical (unpaired) electrons. The van der Waals surface area contributed by atoms with Gasteiger partial charge in [-0.15, -0.1) is 0 Å². The molecule has 0 fully saturated rings. The summed E-state index contributed by atoms with van der Waals surface area (Å²) in [7, 11) is 0. The Kier molecular flexibility index (Phi) is 5.97. The smallest absolute Gasteiger partial charge is 0.310 e. The Morgan fingerprint density at radius 1 is 0.957 bits per heavy atom. The third-order valence-electron chi connectivity index (χ3n) is 4.23. The van der Waals surface area contributed by atoms with Crippen LogP contribution in [-0.4, -0.2) is 12.6 Å². The maximum absolute atomic E-state index is 12.6. The van der Waals surface area contributed by atoms with E-state index in [1.807, 2.05) is 25.1 Å². The predicted octanol–water partition coefficient (Wildman–Crippen LogP) is 4.96. The van der Waals surface area contributed by atoms with E-state index in [4.69, 9.17) is 4.74 Å². The Balaban J connectivity index is 2.51. The van der Waals surface area contributed by atoms with Crippen LogP contribution in [0.15, 0.2) is 54.6 Å². The first-order valence-electron chi connectivity index (χ1n) is 8.32. The van der Waals surface area contributed by atoms with Crippen LogP contribution >= 0.6 is 0 Å². The van der Waals surface area contributed by atoms with Crippen molar-refractivity contribution in [1.82, 2.24) is 0 Å². The standard InChI is InChI=1S/C21H26O2/c1-5-23-21(22)19(15(2)3)20(17-9-7-6-8-10-17)18-13-11-16(4)12-14-18/h6-15,19-20H,5H2,1-4H3. The molecule has 0 amide bonds. The van der Waals surface area contributed by atoms with Crippen LogP contribution in [0.1, 0.15) is 43.4 Å². The molecule has 0 aliphatic carbocycles. The van der Waals surface area contributed by atoms with Crippen molar-refractivity contribution in [3.8, 4) is 0 Å². The zero-order valence-electron chi connectivity index (χ0n) is 14.5. The van der Waals surface area contributed by atoms with E-state index in [-0.39, 0.29) is 23.7 Å².